The Labute approximate surface area is 120 Å². The van der Waals surface area contributed by atoms with Crippen molar-refractivity contribution < 1.29 is 18.7 Å². The highest BCUT2D eigenvalue weighted by Crippen LogP contribution is 2.20. The summed E-state index contributed by atoms with van der Waals surface area (Å²) in [5, 5.41) is 5.44. The molecule has 1 aliphatic rings. The van der Waals surface area contributed by atoms with Crippen LogP contribution in [0.1, 0.15) is 6.42 Å². The number of piperidine rings is 1. The van der Waals surface area contributed by atoms with Gasteiger partial charge in [-0.3, -0.25) is 9.59 Å². The summed E-state index contributed by atoms with van der Waals surface area (Å²) in [6.07, 6.45) is -0.460. The van der Waals surface area contributed by atoms with Gasteiger partial charge in [-0.15, -0.1) is 0 Å². The number of hydrogen-bond acceptors (Lipinski definition) is 4. The van der Waals surface area contributed by atoms with Crippen LogP contribution in [0.2, 0.25) is 5.02 Å². The third-order valence-corrected chi connectivity index (χ3v) is 3.39. The normalized spacial score (nSPS) is 22.6. The van der Waals surface area contributed by atoms with Crippen LogP contribution in [-0.4, -0.2) is 37.5 Å². The van der Waals surface area contributed by atoms with E-state index in [1.54, 1.807) is 0 Å². The van der Waals surface area contributed by atoms with Crippen molar-refractivity contribution in [2.45, 2.75) is 18.6 Å². The molecule has 0 radical (unpaired) electrons. The lowest BCUT2D eigenvalue weighted by atomic mass is 10.0. The van der Waals surface area contributed by atoms with Crippen LogP contribution >= 0.6 is 11.6 Å². The minimum absolute atomic E-state index is 0.0548. The van der Waals surface area contributed by atoms with Gasteiger partial charge in [0.1, 0.15) is 11.9 Å². The molecular formula is C13H14ClFN2O3. The maximum atomic E-state index is 13.0. The summed E-state index contributed by atoms with van der Waals surface area (Å²) < 4.78 is 18.0. The summed E-state index contributed by atoms with van der Waals surface area (Å²) >= 11 is 5.63. The molecule has 5 nitrogen and oxygen atoms in total. The van der Waals surface area contributed by atoms with Crippen molar-refractivity contribution in [2.24, 2.45) is 0 Å². The number of carbonyl (C=O) groups is 2. The molecule has 2 atom stereocenters. The van der Waals surface area contributed by atoms with Gasteiger partial charge >= 0.3 is 0 Å². The van der Waals surface area contributed by atoms with Gasteiger partial charge in [-0.05, 0) is 18.2 Å². The van der Waals surface area contributed by atoms with Crippen molar-refractivity contribution in [3.8, 4) is 0 Å². The molecule has 0 aliphatic carbocycles. The Hall–Kier alpha value is -1.50. The van der Waals surface area contributed by atoms with E-state index in [2.05, 4.69) is 10.6 Å². The summed E-state index contributed by atoms with van der Waals surface area (Å²) in [6.45, 7) is 0.289. The highest BCUT2D eigenvalue weighted by Gasteiger charge is 2.31. The van der Waals surface area contributed by atoms with Crippen LogP contribution in [0.3, 0.4) is 0 Å². The fourth-order valence-corrected chi connectivity index (χ4v) is 2.15. The maximum Gasteiger partial charge on any atom is 0.241 e. The first-order valence-corrected chi connectivity index (χ1v) is 6.44. The van der Waals surface area contributed by atoms with Gasteiger partial charge in [0.2, 0.25) is 5.91 Å². The zero-order valence-corrected chi connectivity index (χ0v) is 11.5. The highest BCUT2D eigenvalue weighted by molar-refractivity contribution is 6.31. The van der Waals surface area contributed by atoms with Crippen LogP contribution in [0, 0.1) is 5.82 Å². The first-order chi connectivity index (χ1) is 9.51. The Morgan fingerprint density at radius 1 is 1.55 bits per heavy atom. The minimum atomic E-state index is -0.627. The Balaban J connectivity index is 1.98. The van der Waals surface area contributed by atoms with Gasteiger partial charge in [0, 0.05) is 25.8 Å². The van der Waals surface area contributed by atoms with E-state index in [1.165, 1.54) is 25.3 Å². The Kier molecular flexibility index (Phi) is 4.69. The average molecular weight is 301 g/mol. The predicted octanol–water partition coefficient (Wildman–Crippen LogP) is 1.36. The van der Waals surface area contributed by atoms with Crippen LogP contribution in [-0.2, 0) is 14.3 Å². The van der Waals surface area contributed by atoms with Gasteiger partial charge in [-0.2, -0.15) is 0 Å². The average Bonchev–Trinajstić information content (AvgIpc) is 2.42. The molecule has 1 fully saturated rings. The number of ketones is 1. The highest BCUT2D eigenvalue weighted by atomic mass is 35.5. The van der Waals surface area contributed by atoms with E-state index in [1.807, 2.05) is 0 Å². The molecule has 1 aromatic carbocycles. The second kappa shape index (κ2) is 6.30. The lowest BCUT2D eigenvalue weighted by Gasteiger charge is -2.27. The van der Waals surface area contributed by atoms with Crippen molar-refractivity contribution >= 4 is 29.0 Å². The van der Waals surface area contributed by atoms with Gasteiger partial charge < -0.3 is 15.4 Å². The smallest absolute Gasteiger partial charge is 0.241 e. The molecule has 1 saturated heterocycles. The number of hydrogen-bond donors (Lipinski definition) is 2. The van der Waals surface area contributed by atoms with Crippen LogP contribution < -0.4 is 10.6 Å². The fourth-order valence-electron chi connectivity index (χ4n) is 1.97. The quantitative estimate of drug-likeness (QED) is 0.884. The summed E-state index contributed by atoms with van der Waals surface area (Å²) in [5.41, 5.74) is 0.379. The van der Waals surface area contributed by atoms with E-state index in [0.717, 1.165) is 0 Å². The minimum Gasteiger partial charge on any atom is -0.372 e. The Morgan fingerprint density at radius 2 is 2.30 bits per heavy atom. The van der Waals surface area contributed by atoms with Crippen LogP contribution in [0.4, 0.5) is 10.1 Å². The fraction of sp³-hybridized carbons (Fsp3) is 0.385. The molecule has 2 unspecified atom stereocenters. The van der Waals surface area contributed by atoms with Crippen LogP contribution in [0.15, 0.2) is 18.2 Å². The Morgan fingerprint density at radius 3 is 2.90 bits per heavy atom. The van der Waals surface area contributed by atoms with E-state index in [4.69, 9.17) is 16.3 Å². The van der Waals surface area contributed by atoms with E-state index in [-0.39, 0.29) is 29.7 Å². The summed E-state index contributed by atoms with van der Waals surface area (Å²) in [4.78, 5) is 23.7. The molecule has 1 aliphatic heterocycles. The molecule has 0 saturated carbocycles. The number of carbonyl (C=O) groups excluding carboxylic acids is 2. The zero-order chi connectivity index (χ0) is 14.7. The van der Waals surface area contributed by atoms with Crippen molar-refractivity contribution in [2.75, 3.05) is 19.0 Å². The predicted molar refractivity (Wildman–Crippen MR) is 72.3 cm³/mol. The number of Topliss-reactive ketones (excluding diaryl/α,β-unsaturated/α-hetero) is 1. The van der Waals surface area contributed by atoms with E-state index < -0.39 is 18.0 Å². The molecule has 20 heavy (non-hydrogen) atoms. The Bertz CT molecular complexity index is 538. The number of halogens is 2. The molecule has 0 spiro atoms. The first-order valence-electron chi connectivity index (χ1n) is 6.06. The number of rotatable bonds is 3. The monoisotopic (exact) mass is 300 g/mol. The van der Waals surface area contributed by atoms with Crippen molar-refractivity contribution in [3.05, 3.63) is 29.0 Å². The molecule has 0 bridgehead atoms. The van der Waals surface area contributed by atoms with Gasteiger partial charge in [0.15, 0.2) is 5.78 Å². The van der Waals surface area contributed by atoms with Gasteiger partial charge in [-0.1, -0.05) is 11.6 Å². The summed E-state index contributed by atoms with van der Waals surface area (Å²) in [7, 11) is 1.45. The number of ether oxygens (including phenoxy) is 1. The van der Waals surface area contributed by atoms with E-state index >= 15 is 0 Å². The van der Waals surface area contributed by atoms with E-state index in [0.29, 0.717) is 5.69 Å². The second-order valence-corrected chi connectivity index (χ2v) is 4.88. The number of anilines is 1. The molecule has 2 rings (SSSR count). The second-order valence-electron chi connectivity index (χ2n) is 4.47. The maximum absolute atomic E-state index is 13.0. The standard InChI is InChI=1S/C13H14ClFN2O3/c1-20-12-6-16-10(5-11(12)18)13(19)17-7-2-3-9(15)8(14)4-7/h2-4,10,12,16H,5-6H2,1H3,(H,17,19). The summed E-state index contributed by atoms with van der Waals surface area (Å²) in [5.74, 6) is -1.04. The largest absolute Gasteiger partial charge is 0.372 e. The molecule has 1 heterocycles. The van der Waals surface area contributed by atoms with Gasteiger partial charge in [0.25, 0.3) is 0 Å². The van der Waals surface area contributed by atoms with Gasteiger partial charge in [0.05, 0.1) is 11.1 Å². The number of benzene rings is 1. The van der Waals surface area contributed by atoms with Gasteiger partial charge in [-0.25, -0.2) is 4.39 Å². The zero-order valence-electron chi connectivity index (χ0n) is 10.8. The molecule has 2 N–H and O–H groups in total. The van der Waals surface area contributed by atoms with Crippen molar-refractivity contribution in [1.29, 1.82) is 0 Å². The molecule has 108 valence electrons. The lowest BCUT2D eigenvalue weighted by Crippen LogP contribution is -2.53. The third kappa shape index (κ3) is 3.33. The van der Waals surface area contributed by atoms with Crippen molar-refractivity contribution in [3.63, 3.8) is 0 Å². The molecular weight excluding hydrogens is 287 g/mol. The number of amides is 1. The SMILES string of the molecule is COC1CNC(C(=O)Nc2ccc(F)c(Cl)c2)CC1=O. The molecule has 0 aromatic heterocycles. The van der Waals surface area contributed by atoms with Crippen LogP contribution in [0.25, 0.3) is 0 Å². The topological polar surface area (TPSA) is 67.4 Å². The third-order valence-electron chi connectivity index (χ3n) is 3.10. The number of methoxy groups -OCH3 is 1. The molecule has 7 heteroatoms. The van der Waals surface area contributed by atoms with E-state index in [9.17, 15) is 14.0 Å². The van der Waals surface area contributed by atoms with Crippen LogP contribution in [0.5, 0.6) is 0 Å². The van der Waals surface area contributed by atoms with Crippen molar-refractivity contribution in [1.82, 2.24) is 5.32 Å². The summed E-state index contributed by atoms with van der Waals surface area (Å²) in [6, 6.07) is 3.26. The first kappa shape index (κ1) is 14.9. The molecule has 1 aromatic rings. The molecule has 1 amide bonds. The number of nitrogens with one attached hydrogen (secondary N) is 2. The lowest BCUT2D eigenvalue weighted by molar-refractivity contribution is -0.134.